The molecule has 2 saturated carbocycles. The molecule has 5 atom stereocenters. The average Bonchev–Trinajstić information content (AvgIpc) is 2.76. The van der Waals surface area contributed by atoms with Crippen LogP contribution < -0.4 is 0 Å². The first-order valence-electron chi connectivity index (χ1n) is 8.20. The third kappa shape index (κ3) is 1.99. The standard InChI is InChI=1S/C18H23IO2/c1-18-7-6-11-12(14(18)4-5-17(18)21)3-2-10-8-16(20)15(19)9-13(10)11/h8-9,11-12,14,17,20-21H,2-7H2,1H3/t11?,12?,14?,17?,18-/m0/s1. The van der Waals surface area contributed by atoms with E-state index in [-0.39, 0.29) is 11.5 Å². The molecular formula is C18H23IO2. The van der Waals surface area contributed by atoms with Gasteiger partial charge in [-0.3, -0.25) is 0 Å². The maximum atomic E-state index is 10.4. The molecule has 3 heteroatoms. The second-order valence-electron chi connectivity index (χ2n) is 7.56. The van der Waals surface area contributed by atoms with Crippen LogP contribution in [-0.4, -0.2) is 16.3 Å². The van der Waals surface area contributed by atoms with E-state index in [4.69, 9.17) is 0 Å². The molecule has 0 radical (unpaired) electrons. The van der Waals surface area contributed by atoms with E-state index in [0.717, 1.165) is 28.8 Å². The Labute approximate surface area is 140 Å². The molecule has 0 spiro atoms. The van der Waals surface area contributed by atoms with Gasteiger partial charge in [-0.25, -0.2) is 0 Å². The minimum Gasteiger partial charge on any atom is -0.507 e. The van der Waals surface area contributed by atoms with Crippen molar-refractivity contribution >= 4 is 22.6 Å². The SMILES string of the molecule is C[C@]12CCC3c4cc(I)c(O)cc4CCC3C1CCC2O. The highest BCUT2D eigenvalue weighted by atomic mass is 127. The Kier molecular flexibility index (Phi) is 3.31. The van der Waals surface area contributed by atoms with Crippen molar-refractivity contribution in [2.75, 3.05) is 0 Å². The average molecular weight is 398 g/mol. The molecule has 0 heterocycles. The van der Waals surface area contributed by atoms with E-state index in [0.29, 0.717) is 17.6 Å². The summed E-state index contributed by atoms with van der Waals surface area (Å²) in [7, 11) is 0. The number of hydrogen-bond acceptors (Lipinski definition) is 2. The molecule has 4 rings (SSSR count). The highest BCUT2D eigenvalue weighted by Crippen LogP contribution is 2.61. The van der Waals surface area contributed by atoms with Gasteiger partial charge in [0.15, 0.2) is 0 Å². The largest absolute Gasteiger partial charge is 0.507 e. The van der Waals surface area contributed by atoms with Gasteiger partial charge in [-0.2, -0.15) is 0 Å². The van der Waals surface area contributed by atoms with E-state index < -0.39 is 0 Å². The Bertz CT molecular complexity index is 585. The summed E-state index contributed by atoms with van der Waals surface area (Å²) in [6.07, 6.45) is 6.76. The molecule has 2 N–H and O–H groups in total. The number of fused-ring (bicyclic) bond motifs is 5. The number of phenols is 1. The van der Waals surface area contributed by atoms with Crippen molar-refractivity contribution in [2.45, 2.75) is 57.5 Å². The third-order valence-corrected chi connectivity index (χ3v) is 7.61. The molecule has 0 bridgehead atoms. The van der Waals surface area contributed by atoms with Crippen LogP contribution in [0.3, 0.4) is 0 Å². The van der Waals surface area contributed by atoms with E-state index in [1.165, 1.54) is 30.4 Å². The van der Waals surface area contributed by atoms with E-state index >= 15 is 0 Å². The summed E-state index contributed by atoms with van der Waals surface area (Å²) in [4.78, 5) is 0. The molecule has 1 aromatic rings. The second-order valence-corrected chi connectivity index (χ2v) is 8.72. The van der Waals surface area contributed by atoms with E-state index in [1.54, 1.807) is 0 Å². The lowest BCUT2D eigenvalue weighted by Crippen LogP contribution is -2.43. The van der Waals surface area contributed by atoms with Crippen LogP contribution >= 0.6 is 22.6 Å². The van der Waals surface area contributed by atoms with Gasteiger partial charge in [0.2, 0.25) is 0 Å². The predicted molar refractivity (Wildman–Crippen MR) is 91.4 cm³/mol. The summed E-state index contributed by atoms with van der Waals surface area (Å²) < 4.78 is 0.979. The fourth-order valence-corrected chi connectivity index (χ4v) is 6.04. The molecule has 21 heavy (non-hydrogen) atoms. The van der Waals surface area contributed by atoms with Crippen LogP contribution in [0.4, 0.5) is 0 Å². The quantitative estimate of drug-likeness (QED) is 0.643. The van der Waals surface area contributed by atoms with Gasteiger partial charge in [-0.1, -0.05) is 6.92 Å². The van der Waals surface area contributed by atoms with Crippen LogP contribution in [-0.2, 0) is 6.42 Å². The van der Waals surface area contributed by atoms with Crippen molar-refractivity contribution in [3.8, 4) is 5.75 Å². The highest BCUT2D eigenvalue weighted by molar-refractivity contribution is 14.1. The van der Waals surface area contributed by atoms with Crippen LogP contribution in [0, 0.1) is 20.8 Å². The van der Waals surface area contributed by atoms with Gasteiger partial charge in [0.05, 0.1) is 9.67 Å². The van der Waals surface area contributed by atoms with E-state index in [2.05, 4.69) is 35.6 Å². The molecule has 2 nitrogen and oxygen atoms in total. The summed E-state index contributed by atoms with van der Waals surface area (Å²) >= 11 is 2.24. The number of halogens is 1. The van der Waals surface area contributed by atoms with Gasteiger partial charge < -0.3 is 10.2 Å². The highest BCUT2D eigenvalue weighted by Gasteiger charge is 2.54. The lowest BCUT2D eigenvalue weighted by atomic mass is 9.55. The minimum atomic E-state index is -0.0928. The van der Waals surface area contributed by atoms with Crippen LogP contribution in [0.2, 0.25) is 0 Å². The number of aliphatic hydroxyl groups is 1. The van der Waals surface area contributed by atoms with E-state index in [9.17, 15) is 10.2 Å². The minimum absolute atomic E-state index is 0.0928. The van der Waals surface area contributed by atoms with Crippen LogP contribution in [0.5, 0.6) is 5.75 Å². The first-order valence-corrected chi connectivity index (χ1v) is 9.28. The zero-order valence-electron chi connectivity index (χ0n) is 12.5. The van der Waals surface area contributed by atoms with Crippen molar-refractivity contribution < 1.29 is 10.2 Å². The number of phenolic OH excluding ortho intramolecular Hbond substituents is 1. The van der Waals surface area contributed by atoms with Gasteiger partial charge >= 0.3 is 0 Å². The zero-order chi connectivity index (χ0) is 14.8. The van der Waals surface area contributed by atoms with Gasteiger partial charge in [0.1, 0.15) is 5.75 Å². The van der Waals surface area contributed by atoms with Crippen molar-refractivity contribution in [3.63, 3.8) is 0 Å². The first-order chi connectivity index (χ1) is 10.0. The van der Waals surface area contributed by atoms with Crippen LogP contribution in [0.25, 0.3) is 0 Å². The number of hydrogen-bond donors (Lipinski definition) is 2. The molecule has 0 aliphatic heterocycles. The van der Waals surface area contributed by atoms with Crippen LogP contribution in [0.15, 0.2) is 12.1 Å². The Morgan fingerprint density at radius 3 is 2.81 bits per heavy atom. The monoisotopic (exact) mass is 398 g/mol. The number of aryl methyl sites for hydroxylation is 1. The summed E-state index contributed by atoms with van der Waals surface area (Å²) in [5.74, 6) is 2.50. The maximum Gasteiger partial charge on any atom is 0.129 e. The van der Waals surface area contributed by atoms with Crippen molar-refractivity contribution in [1.29, 1.82) is 0 Å². The van der Waals surface area contributed by atoms with E-state index in [1.807, 2.05) is 6.07 Å². The maximum absolute atomic E-state index is 10.4. The van der Waals surface area contributed by atoms with Gasteiger partial charge in [-0.15, -0.1) is 0 Å². The summed E-state index contributed by atoms with van der Waals surface area (Å²) in [6.45, 7) is 2.32. The zero-order valence-corrected chi connectivity index (χ0v) is 14.6. The fourth-order valence-electron chi connectivity index (χ4n) is 5.55. The lowest BCUT2D eigenvalue weighted by molar-refractivity contribution is -0.0226. The Morgan fingerprint density at radius 1 is 1.19 bits per heavy atom. The smallest absolute Gasteiger partial charge is 0.129 e. The molecule has 3 aliphatic carbocycles. The lowest BCUT2D eigenvalue weighted by Gasteiger charge is -2.50. The Morgan fingerprint density at radius 2 is 2.00 bits per heavy atom. The molecule has 2 fully saturated rings. The third-order valence-electron chi connectivity index (χ3n) is 6.74. The summed E-state index contributed by atoms with van der Waals surface area (Å²) in [5, 5.41) is 20.4. The normalized spacial score (nSPS) is 41.3. The first kappa shape index (κ1) is 14.3. The molecule has 0 amide bonds. The molecule has 0 aromatic heterocycles. The summed E-state index contributed by atoms with van der Waals surface area (Å²) in [5.41, 5.74) is 3.00. The Hall–Kier alpha value is -0.290. The van der Waals surface area contributed by atoms with Crippen molar-refractivity contribution in [1.82, 2.24) is 0 Å². The molecule has 114 valence electrons. The van der Waals surface area contributed by atoms with Gasteiger partial charge in [0, 0.05) is 0 Å². The molecular weight excluding hydrogens is 375 g/mol. The van der Waals surface area contributed by atoms with Gasteiger partial charge in [0.25, 0.3) is 0 Å². The predicted octanol–water partition coefficient (Wildman–Crippen LogP) is 4.21. The Balaban J connectivity index is 1.73. The molecule has 3 aliphatic rings. The van der Waals surface area contributed by atoms with Gasteiger partial charge in [-0.05, 0) is 108 Å². The van der Waals surface area contributed by atoms with Crippen molar-refractivity contribution in [2.24, 2.45) is 17.3 Å². The molecule has 4 unspecified atom stereocenters. The number of rotatable bonds is 0. The number of aromatic hydroxyl groups is 1. The summed E-state index contributed by atoms with van der Waals surface area (Å²) in [6, 6.07) is 4.21. The fraction of sp³-hybridized carbons (Fsp3) is 0.667. The number of aliphatic hydroxyl groups excluding tert-OH is 1. The number of benzene rings is 1. The topological polar surface area (TPSA) is 40.5 Å². The van der Waals surface area contributed by atoms with Crippen molar-refractivity contribution in [3.05, 3.63) is 26.8 Å². The molecule has 1 aromatic carbocycles. The molecule has 0 saturated heterocycles. The van der Waals surface area contributed by atoms with Crippen LogP contribution in [0.1, 0.15) is 56.1 Å². The second kappa shape index (κ2) is 4.85.